The van der Waals surface area contributed by atoms with E-state index in [1.165, 1.54) is 16.6 Å². The van der Waals surface area contributed by atoms with Crippen LogP contribution in [0.5, 0.6) is 0 Å². The minimum absolute atomic E-state index is 0.119. The van der Waals surface area contributed by atoms with Gasteiger partial charge in [0.15, 0.2) is 0 Å². The van der Waals surface area contributed by atoms with E-state index in [1.54, 1.807) is 11.8 Å². The molecule has 1 unspecified atom stereocenters. The molecule has 2 saturated heterocycles. The summed E-state index contributed by atoms with van der Waals surface area (Å²) in [6.45, 7) is 5.48. The fourth-order valence-corrected chi connectivity index (χ4v) is 5.90. The lowest BCUT2D eigenvalue weighted by atomic mass is 10.2. The fraction of sp³-hybridized carbons (Fsp3) is 0.688. The molecular weight excluding hydrogens is 360 g/mol. The van der Waals surface area contributed by atoms with Gasteiger partial charge in [-0.25, -0.2) is 8.42 Å². The van der Waals surface area contributed by atoms with Crippen molar-refractivity contribution in [3.05, 3.63) is 18.0 Å². The second-order valence-corrected chi connectivity index (χ2v) is 9.57. The van der Waals surface area contributed by atoms with Gasteiger partial charge in [-0.15, -0.1) is 0 Å². The van der Waals surface area contributed by atoms with E-state index in [0.717, 1.165) is 37.4 Å². The molecule has 1 aromatic heterocycles. The molecule has 140 valence electrons. The second kappa shape index (κ2) is 8.11. The lowest BCUT2D eigenvalue weighted by Gasteiger charge is -2.27. The number of nitrogens with one attached hydrogen (secondary N) is 2. The van der Waals surface area contributed by atoms with E-state index in [1.807, 2.05) is 11.8 Å². The van der Waals surface area contributed by atoms with Gasteiger partial charge in [0.25, 0.3) is 5.91 Å². The summed E-state index contributed by atoms with van der Waals surface area (Å²) in [7, 11) is -3.53. The third-order valence-electron chi connectivity index (χ3n) is 4.70. The van der Waals surface area contributed by atoms with Gasteiger partial charge >= 0.3 is 0 Å². The van der Waals surface area contributed by atoms with Crippen LogP contribution in [0, 0.1) is 0 Å². The molecule has 2 N–H and O–H groups in total. The number of amides is 1. The zero-order valence-corrected chi connectivity index (χ0v) is 16.2. The molecule has 1 atom stereocenters. The zero-order chi connectivity index (χ0) is 17.9. The third-order valence-corrected chi connectivity index (χ3v) is 7.51. The molecule has 0 aromatic carbocycles. The topological polar surface area (TPSA) is 85.5 Å². The van der Waals surface area contributed by atoms with Gasteiger partial charge < -0.3 is 15.2 Å². The van der Waals surface area contributed by atoms with Crippen molar-refractivity contribution in [2.75, 3.05) is 44.2 Å². The first-order valence-electron chi connectivity index (χ1n) is 8.82. The van der Waals surface area contributed by atoms with Gasteiger partial charge in [0, 0.05) is 49.9 Å². The number of sulfonamides is 1. The summed E-state index contributed by atoms with van der Waals surface area (Å²) in [5, 5.41) is 3.28. The van der Waals surface area contributed by atoms with Crippen molar-refractivity contribution in [2.45, 2.75) is 30.7 Å². The molecule has 1 amide bonds. The van der Waals surface area contributed by atoms with Gasteiger partial charge in [0.1, 0.15) is 10.6 Å². The SMILES string of the molecule is CCCN(C(=O)c1cc(S(=O)(=O)N2CCSCC2)c[nH]1)C1CCNC1. The molecular formula is C16H26N4O3S2. The fourth-order valence-electron chi connectivity index (χ4n) is 3.33. The molecule has 3 rings (SSSR count). The van der Waals surface area contributed by atoms with E-state index in [0.29, 0.717) is 25.3 Å². The standard InChI is InChI=1S/C16H26N4O3S2/c1-2-5-20(13-3-4-17-11-13)16(21)15-10-14(12-18-15)25(22,23)19-6-8-24-9-7-19/h10,12-13,17-18H,2-9,11H2,1H3. The van der Waals surface area contributed by atoms with Gasteiger partial charge in [-0.2, -0.15) is 16.1 Å². The Kier molecular flexibility index (Phi) is 6.08. The molecule has 0 saturated carbocycles. The van der Waals surface area contributed by atoms with Gasteiger partial charge in [-0.1, -0.05) is 6.92 Å². The minimum Gasteiger partial charge on any atom is -0.356 e. The number of H-pyrrole nitrogens is 1. The molecule has 3 heterocycles. The average Bonchev–Trinajstić information content (AvgIpc) is 3.31. The first kappa shape index (κ1) is 18.8. The summed E-state index contributed by atoms with van der Waals surface area (Å²) in [4.78, 5) is 17.8. The Labute approximate surface area is 153 Å². The maximum Gasteiger partial charge on any atom is 0.270 e. The highest BCUT2D eigenvalue weighted by atomic mass is 32.2. The number of rotatable bonds is 6. The Hall–Kier alpha value is -1.03. The van der Waals surface area contributed by atoms with Crippen LogP contribution in [0.4, 0.5) is 0 Å². The highest BCUT2D eigenvalue weighted by molar-refractivity contribution is 7.99. The summed E-state index contributed by atoms with van der Waals surface area (Å²) in [5.41, 5.74) is 0.352. The Bertz CT molecular complexity index is 692. The molecule has 0 bridgehead atoms. The van der Waals surface area contributed by atoms with Gasteiger partial charge in [0.05, 0.1) is 0 Å². The van der Waals surface area contributed by atoms with Crippen LogP contribution >= 0.6 is 11.8 Å². The molecule has 9 heteroatoms. The maximum atomic E-state index is 12.9. The average molecular weight is 387 g/mol. The smallest absolute Gasteiger partial charge is 0.270 e. The summed E-state index contributed by atoms with van der Waals surface area (Å²) in [5.74, 6) is 1.51. The summed E-state index contributed by atoms with van der Waals surface area (Å²) in [6.07, 6.45) is 3.25. The van der Waals surface area contributed by atoms with Crippen LogP contribution in [0.1, 0.15) is 30.3 Å². The number of hydrogen-bond acceptors (Lipinski definition) is 5. The third kappa shape index (κ3) is 4.05. The van der Waals surface area contributed by atoms with E-state index in [9.17, 15) is 13.2 Å². The lowest BCUT2D eigenvalue weighted by molar-refractivity contribution is 0.0687. The van der Waals surface area contributed by atoms with Crippen molar-refractivity contribution in [1.82, 2.24) is 19.5 Å². The van der Waals surface area contributed by atoms with Crippen molar-refractivity contribution < 1.29 is 13.2 Å². The summed E-state index contributed by atoms with van der Waals surface area (Å²) < 4.78 is 27.0. The molecule has 0 spiro atoms. The molecule has 7 nitrogen and oxygen atoms in total. The summed E-state index contributed by atoms with van der Waals surface area (Å²) >= 11 is 1.76. The molecule has 0 aliphatic carbocycles. The largest absolute Gasteiger partial charge is 0.356 e. The number of carbonyl (C=O) groups excluding carboxylic acids is 1. The van der Waals surface area contributed by atoms with Crippen LogP contribution in [-0.2, 0) is 10.0 Å². The van der Waals surface area contributed by atoms with Gasteiger partial charge in [0.2, 0.25) is 10.0 Å². The minimum atomic E-state index is -3.53. The monoisotopic (exact) mass is 386 g/mol. The highest BCUT2D eigenvalue weighted by Crippen LogP contribution is 2.22. The Morgan fingerprint density at radius 1 is 1.40 bits per heavy atom. The molecule has 1 aromatic rings. The van der Waals surface area contributed by atoms with E-state index < -0.39 is 10.0 Å². The number of nitrogens with zero attached hydrogens (tertiary/aromatic N) is 2. The number of hydrogen-bond donors (Lipinski definition) is 2. The van der Waals surface area contributed by atoms with E-state index in [2.05, 4.69) is 10.3 Å². The Morgan fingerprint density at radius 3 is 2.80 bits per heavy atom. The number of carbonyl (C=O) groups is 1. The normalized spacial score (nSPS) is 22.2. The molecule has 2 fully saturated rings. The zero-order valence-electron chi connectivity index (χ0n) is 14.5. The molecule has 2 aliphatic heterocycles. The molecule has 0 radical (unpaired) electrons. The number of aromatic amines is 1. The molecule has 2 aliphatic rings. The van der Waals surface area contributed by atoms with Crippen LogP contribution in [-0.4, -0.2) is 78.8 Å². The first-order valence-corrected chi connectivity index (χ1v) is 11.4. The Balaban J connectivity index is 1.78. The Morgan fingerprint density at radius 2 is 2.16 bits per heavy atom. The lowest BCUT2D eigenvalue weighted by Crippen LogP contribution is -2.42. The van der Waals surface area contributed by atoms with Crippen molar-refractivity contribution in [3.63, 3.8) is 0 Å². The van der Waals surface area contributed by atoms with Crippen LogP contribution < -0.4 is 5.32 Å². The van der Waals surface area contributed by atoms with Gasteiger partial charge in [-0.05, 0) is 25.5 Å². The van der Waals surface area contributed by atoms with E-state index >= 15 is 0 Å². The quantitative estimate of drug-likeness (QED) is 0.761. The predicted octanol–water partition coefficient (Wildman–Crippen LogP) is 0.966. The molecule has 25 heavy (non-hydrogen) atoms. The number of aromatic nitrogens is 1. The highest BCUT2D eigenvalue weighted by Gasteiger charge is 2.30. The van der Waals surface area contributed by atoms with Crippen molar-refractivity contribution in [3.8, 4) is 0 Å². The van der Waals surface area contributed by atoms with Crippen LogP contribution in [0.15, 0.2) is 17.2 Å². The predicted molar refractivity (Wildman–Crippen MR) is 99.5 cm³/mol. The maximum absolute atomic E-state index is 12.9. The summed E-state index contributed by atoms with van der Waals surface area (Å²) in [6, 6.07) is 1.67. The van der Waals surface area contributed by atoms with E-state index in [-0.39, 0.29) is 16.8 Å². The number of thioether (sulfide) groups is 1. The van der Waals surface area contributed by atoms with E-state index in [4.69, 9.17) is 0 Å². The van der Waals surface area contributed by atoms with Crippen LogP contribution in [0.2, 0.25) is 0 Å². The van der Waals surface area contributed by atoms with Crippen molar-refractivity contribution >= 4 is 27.7 Å². The second-order valence-electron chi connectivity index (χ2n) is 6.41. The van der Waals surface area contributed by atoms with Gasteiger partial charge in [-0.3, -0.25) is 4.79 Å². The first-order chi connectivity index (χ1) is 12.0. The van der Waals surface area contributed by atoms with Crippen molar-refractivity contribution in [1.29, 1.82) is 0 Å². The van der Waals surface area contributed by atoms with Crippen molar-refractivity contribution in [2.24, 2.45) is 0 Å². The van der Waals surface area contributed by atoms with Crippen LogP contribution in [0.3, 0.4) is 0 Å². The van der Waals surface area contributed by atoms with Crippen LogP contribution in [0.25, 0.3) is 0 Å².